The van der Waals surface area contributed by atoms with Crippen LogP contribution in [0.4, 0.5) is 0 Å². The quantitative estimate of drug-likeness (QED) is 0.0857. The fourth-order valence-corrected chi connectivity index (χ4v) is 20.4. The molecule has 0 N–H and O–H groups in total. The molecule has 5 nitrogen and oxygen atoms in total. The zero-order valence-corrected chi connectivity index (χ0v) is 73.5. The van der Waals surface area contributed by atoms with Crippen molar-refractivity contribution in [1.82, 2.24) is 24.9 Å². The van der Waals surface area contributed by atoms with Crippen LogP contribution in [-0.4, -0.2) is 24.9 Å². The van der Waals surface area contributed by atoms with Crippen LogP contribution in [0.2, 0.25) is 0 Å². The molecule has 0 unspecified atom stereocenters. The summed E-state index contributed by atoms with van der Waals surface area (Å²) >= 11 is 0. The van der Waals surface area contributed by atoms with Crippen molar-refractivity contribution in [2.75, 3.05) is 0 Å². The number of benzene rings is 20. The van der Waals surface area contributed by atoms with Crippen LogP contribution in [0.1, 0.15) is 51.9 Å². The van der Waals surface area contributed by atoms with E-state index in [1.54, 1.807) is 0 Å². The summed E-state index contributed by atoms with van der Waals surface area (Å²) in [5.74, 6) is 2.49. The molecule has 0 saturated carbocycles. The van der Waals surface area contributed by atoms with Gasteiger partial charge in [-0.1, -0.05) is 468 Å². The van der Waals surface area contributed by atoms with E-state index in [2.05, 4.69) is 516 Å². The molecule has 0 saturated heterocycles. The van der Waals surface area contributed by atoms with Gasteiger partial charge in [0.25, 0.3) is 0 Å². The maximum Gasteiger partial charge on any atom is 0.164 e. The Hall–Kier alpha value is -17.5. The van der Waals surface area contributed by atoms with Crippen molar-refractivity contribution in [1.29, 1.82) is 0 Å². The van der Waals surface area contributed by atoms with Crippen molar-refractivity contribution >= 4 is 0 Å². The molecule has 5 heteroatoms. The Bertz CT molecular complexity index is 7860. The van der Waals surface area contributed by atoms with Gasteiger partial charge in [-0.15, -0.1) is 0 Å². The van der Waals surface area contributed by atoms with Crippen molar-refractivity contribution in [3.63, 3.8) is 0 Å². The monoisotopic (exact) mass is 1720 g/mol. The molecular formula is C130H91N5. The van der Waals surface area contributed by atoms with Crippen molar-refractivity contribution in [2.45, 2.75) is 18.3 Å². The van der Waals surface area contributed by atoms with E-state index in [-0.39, 0.29) is 7.43 Å². The fraction of sp³-hybridized carbons (Fsp3) is 0.0231. The molecule has 2 aliphatic carbocycles. The Morgan fingerprint density at radius 2 is 0.378 bits per heavy atom. The van der Waals surface area contributed by atoms with Crippen LogP contribution in [0.15, 0.2) is 528 Å². The first-order chi connectivity index (χ1) is 66.4. The number of hydrogen-bond acceptors (Lipinski definition) is 5. The normalized spacial score (nSPS) is 12.2. The molecule has 2 aromatic heterocycles. The molecule has 0 radical (unpaired) electrons. The molecule has 0 bridgehead atoms. The van der Waals surface area contributed by atoms with Gasteiger partial charge >= 0.3 is 0 Å². The van der Waals surface area contributed by atoms with Gasteiger partial charge in [-0.05, 0) is 223 Å². The first kappa shape index (κ1) is 83.1. The molecule has 0 atom stereocenters. The molecule has 636 valence electrons. The largest absolute Gasteiger partial charge is 0.228 e. The molecule has 0 spiro atoms. The Morgan fingerprint density at radius 1 is 0.133 bits per heavy atom. The maximum atomic E-state index is 5.39. The Labute approximate surface area is 789 Å². The van der Waals surface area contributed by atoms with Crippen LogP contribution >= 0.6 is 0 Å². The number of aromatic nitrogens is 5. The zero-order chi connectivity index (χ0) is 89.1. The van der Waals surface area contributed by atoms with Crippen LogP contribution in [-0.2, 0) is 10.8 Å². The van der Waals surface area contributed by atoms with Gasteiger partial charge in [-0.3, -0.25) is 0 Å². The SMILES string of the molecule is C.c1ccc(-c2cc(-c3ccccc3)cc(-c3cc(-c4ccccc4)nc(-c4cccc(-c5cccc(-c6cccc7c6-c6ccccc6C7(c6ccccc6)c6ccccc6)c5)c4)n3)c2)cc1.c1ccc(-c2cccc(-c3nc(-c4cc(-c5ccccc5)cc(-c5ccccc5)c4)nc(-c4cccc(-c5cccc6c5C(c5ccccc5)(c5ccccc5)c5ccccc5-6)c4)n3)c2)cc1. The second-order valence-corrected chi connectivity index (χ2v) is 34.4. The van der Waals surface area contributed by atoms with E-state index in [1.165, 1.54) is 77.9 Å². The maximum absolute atomic E-state index is 5.39. The average molecular weight is 1720 g/mol. The number of hydrogen-bond donors (Lipinski definition) is 0. The van der Waals surface area contributed by atoms with Crippen molar-refractivity contribution < 1.29 is 0 Å². The van der Waals surface area contributed by atoms with Gasteiger partial charge in [0.15, 0.2) is 23.3 Å². The zero-order valence-electron chi connectivity index (χ0n) is 73.5. The molecule has 0 aliphatic heterocycles. The third-order valence-electron chi connectivity index (χ3n) is 26.5. The minimum absolute atomic E-state index is 0. The summed E-state index contributed by atoms with van der Waals surface area (Å²) in [5.41, 5.74) is 39.8. The number of nitrogens with zero attached hydrogens (tertiary/aromatic N) is 5. The van der Waals surface area contributed by atoms with Crippen LogP contribution in [0, 0.1) is 0 Å². The molecule has 22 aromatic rings. The fourth-order valence-electron chi connectivity index (χ4n) is 20.4. The highest BCUT2D eigenvalue weighted by Crippen LogP contribution is 2.61. The summed E-state index contributed by atoms with van der Waals surface area (Å²) in [7, 11) is 0. The Kier molecular flexibility index (Phi) is 22.4. The summed E-state index contributed by atoms with van der Waals surface area (Å²) in [6.45, 7) is 0. The Morgan fingerprint density at radius 3 is 0.822 bits per heavy atom. The van der Waals surface area contributed by atoms with E-state index in [0.29, 0.717) is 23.3 Å². The van der Waals surface area contributed by atoms with Gasteiger partial charge in [0, 0.05) is 33.4 Å². The summed E-state index contributed by atoms with van der Waals surface area (Å²) in [5, 5.41) is 0. The second-order valence-electron chi connectivity index (χ2n) is 34.4. The molecule has 2 heterocycles. The highest BCUT2D eigenvalue weighted by molar-refractivity contribution is 5.98. The topological polar surface area (TPSA) is 64.5 Å². The summed E-state index contributed by atoms with van der Waals surface area (Å²) in [6.07, 6.45) is 0. The van der Waals surface area contributed by atoms with Gasteiger partial charge in [-0.2, -0.15) is 0 Å². The van der Waals surface area contributed by atoms with Crippen LogP contribution in [0.5, 0.6) is 0 Å². The smallest absolute Gasteiger partial charge is 0.164 e. The van der Waals surface area contributed by atoms with Gasteiger partial charge < -0.3 is 0 Å². The van der Waals surface area contributed by atoms with Gasteiger partial charge in [0.05, 0.1) is 22.2 Å². The summed E-state index contributed by atoms with van der Waals surface area (Å²) < 4.78 is 0. The van der Waals surface area contributed by atoms with Crippen LogP contribution in [0.3, 0.4) is 0 Å². The lowest BCUT2D eigenvalue weighted by atomic mass is 9.66. The van der Waals surface area contributed by atoms with E-state index >= 15 is 0 Å². The molecule has 24 rings (SSSR count). The first-order valence-corrected chi connectivity index (χ1v) is 45.8. The average Bonchev–Trinajstić information content (AvgIpc) is 1.54. The number of fused-ring (bicyclic) bond motifs is 6. The molecule has 0 amide bonds. The van der Waals surface area contributed by atoms with Crippen molar-refractivity contribution in [3.8, 4) is 179 Å². The summed E-state index contributed by atoms with van der Waals surface area (Å²) in [6, 6.07) is 189. The molecule has 20 aromatic carbocycles. The lowest BCUT2D eigenvalue weighted by Crippen LogP contribution is -2.29. The molecule has 135 heavy (non-hydrogen) atoms. The minimum Gasteiger partial charge on any atom is -0.228 e. The lowest BCUT2D eigenvalue weighted by Gasteiger charge is -2.35. The van der Waals surface area contributed by atoms with Crippen LogP contribution in [0.25, 0.3) is 179 Å². The van der Waals surface area contributed by atoms with E-state index in [9.17, 15) is 0 Å². The van der Waals surface area contributed by atoms with Gasteiger partial charge in [-0.25, -0.2) is 24.9 Å². The van der Waals surface area contributed by atoms with Gasteiger partial charge in [0.1, 0.15) is 0 Å². The number of rotatable bonds is 18. The standard InChI is InChI=1S/C65H44N2.C64H43N3.CH4/c1-6-21-45(22-7-1)52-41-53(46-23-8-2-9-24-46)43-54(42-52)62-44-61(47-25-10-3-11-26-47)66-64(67-62)51-30-19-28-49(40-51)48-27-18-29-50(39-48)57-36-20-38-60-63(57)58-35-16-17-37-59(58)65(60,55-31-12-4-13-32-55)56-33-14-5-15-34-56;1-6-21-44(22-7-1)47-27-18-29-49(39-47)61-65-62(67-63(66-61)53-42-51(45-23-8-2-9-24-45)41-52(43-53)46-25-10-3-11-26-46)50-30-19-28-48(40-50)56-36-20-37-58-57-35-16-17-38-59(57)64(60(56)58,54-31-12-4-13-32-54)55-33-14-5-15-34-55;/h1-44H;1-43H;1H4. The molecule has 2 aliphatic rings. The Balaban J connectivity index is 0.000000156. The summed E-state index contributed by atoms with van der Waals surface area (Å²) in [4.78, 5) is 26.7. The highest BCUT2D eigenvalue weighted by atomic mass is 15.0. The second kappa shape index (κ2) is 36.4. The van der Waals surface area contributed by atoms with E-state index in [0.717, 1.165) is 123 Å². The van der Waals surface area contributed by atoms with Gasteiger partial charge in [0.2, 0.25) is 0 Å². The first-order valence-electron chi connectivity index (χ1n) is 45.8. The minimum atomic E-state index is -0.557. The highest BCUT2D eigenvalue weighted by Gasteiger charge is 2.49. The predicted molar refractivity (Wildman–Crippen MR) is 559 cm³/mol. The lowest BCUT2D eigenvalue weighted by molar-refractivity contribution is 0.768. The third-order valence-corrected chi connectivity index (χ3v) is 26.5. The van der Waals surface area contributed by atoms with E-state index < -0.39 is 10.8 Å². The van der Waals surface area contributed by atoms with Crippen molar-refractivity contribution in [2.24, 2.45) is 0 Å². The third kappa shape index (κ3) is 15.6. The van der Waals surface area contributed by atoms with E-state index in [1.807, 2.05) is 12.1 Å². The van der Waals surface area contributed by atoms with Crippen molar-refractivity contribution in [3.05, 3.63) is 572 Å². The van der Waals surface area contributed by atoms with Crippen LogP contribution < -0.4 is 0 Å². The predicted octanol–water partition coefficient (Wildman–Crippen LogP) is 33.0. The molecule has 0 fully saturated rings. The van der Waals surface area contributed by atoms with E-state index in [4.69, 9.17) is 24.9 Å². The molecular weight excluding hydrogens is 1630 g/mol.